The number of aryl methyl sites for hydroxylation is 1. The smallest absolute Gasteiger partial charge is 0.171 e. The fraction of sp³-hybridized carbons (Fsp3) is 0.188. The molecule has 0 fully saturated rings. The maximum atomic E-state index is 12.4. The van der Waals surface area contributed by atoms with Crippen LogP contribution in [-0.2, 0) is 6.42 Å². The first-order chi connectivity index (χ1) is 9.52. The molecular formula is C16H14Cl2O2. The van der Waals surface area contributed by atoms with Gasteiger partial charge in [0.05, 0.1) is 12.7 Å². The lowest BCUT2D eigenvalue weighted by Crippen LogP contribution is -2.07. The molecule has 0 N–H and O–H groups in total. The van der Waals surface area contributed by atoms with Crippen LogP contribution in [0.5, 0.6) is 5.75 Å². The molecule has 0 saturated carbocycles. The fourth-order valence-corrected chi connectivity index (χ4v) is 2.52. The molecule has 0 heterocycles. The van der Waals surface area contributed by atoms with Gasteiger partial charge in [-0.05, 0) is 42.3 Å². The molecule has 0 unspecified atom stereocenters. The van der Waals surface area contributed by atoms with Crippen molar-refractivity contribution in [2.45, 2.75) is 13.3 Å². The van der Waals surface area contributed by atoms with E-state index in [-0.39, 0.29) is 12.2 Å². The van der Waals surface area contributed by atoms with E-state index in [2.05, 4.69) is 0 Å². The van der Waals surface area contributed by atoms with Gasteiger partial charge in [0.15, 0.2) is 5.78 Å². The van der Waals surface area contributed by atoms with Crippen LogP contribution < -0.4 is 4.74 Å². The Labute approximate surface area is 128 Å². The van der Waals surface area contributed by atoms with E-state index in [0.29, 0.717) is 26.9 Å². The summed E-state index contributed by atoms with van der Waals surface area (Å²) in [5.74, 6) is 0.495. The molecule has 0 aliphatic heterocycles. The SMILES string of the molecule is COc1cc(C)ccc1C(=O)Cc1c(Cl)cccc1Cl. The first-order valence-corrected chi connectivity index (χ1v) is 6.89. The lowest BCUT2D eigenvalue weighted by atomic mass is 10.0. The van der Waals surface area contributed by atoms with Gasteiger partial charge in [-0.25, -0.2) is 0 Å². The Hall–Kier alpha value is -1.51. The molecule has 104 valence electrons. The lowest BCUT2D eigenvalue weighted by Gasteiger charge is -2.10. The highest BCUT2D eigenvalue weighted by Crippen LogP contribution is 2.28. The van der Waals surface area contributed by atoms with Gasteiger partial charge in [-0.3, -0.25) is 4.79 Å². The number of carbonyl (C=O) groups excluding carboxylic acids is 1. The number of ether oxygens (including phenoxy) is 1. The largest absolute Gasteiger partial charge is 0.496 e. The van der Waals surface area contributed by atoms with E-state index in [0.717, 1.165) is 5.56 Å². The summed E-state index contributed by atoms with van der Waals surface area (Å²) in [6.07, 6.45) is 0.151. The zero-order valence-electron chi connectivity index (χ0n) is 11.2. The molecule has 2 nitrogen and oxygen atoms in total. The molecular weight excluding hydrogens is 295 g/mol. The number of methoxy groups -OCH3 is 1. The summed E-state index contributed by atoms with van der Waals surface area (Å²) in [4.78, 5) is 12.4. The first-order valence-electron chi connectivity index (χ1n) is 6.13. The molecule has 0 saturated heterocycles. The molecule has 4 heteroatoms. The van der Waals surface area contributed by atoms with Crippen LogP contribution in [0.2, 0.25) is 10.0 Å². The predicted molar refractivity (Wildman–Crippen MR) is 82.2 cm³/mol. The van der Waals surface area contributed by atoms with Gasteiger partial charge in [0.25, 0.3) is 0 Å². The second-order valence-corrected chi connectivity index (χ2v) is 5.32. The molecule has 0 aliphatic carbocycles. The normalized spacial score (nSPS) is 10.4. The molecule has 0 radical (unpaired) electrons. The number of benzene rings is 2. The van der Waals surface area contributed by atoms with Crippen LogP contribution in [-0.4, -0.2) is 12.9 Å². The van der Waals surface area contributed by atoms with E-state index in [1.807, 2.05) is 19.1 Å². The topological polar surface area (TPSA) is 26.3 Å². The zero-order chi connectivity index (χ0) is 14.7. The highest BCUT2D eigenvalue weighted by molar-refractivity contribution is 6.36. The zero-order valence-corrected chi connectivity index (χ0v) is 12.8. The molecule has 0 bridgehead atoms. The van der Waals surface area contributed by atoms with E-state index >= 15 is 0 Å². The van der Waals surface area contributed by atoms with Gasteiger partial charge < -0.3 is 4.74 Å². The molecule has 2 aromatic carbocycles. The van der Waals surface area contributed by atoms with Crippen LogP contribution in [0, 0.1) is 6.92 Å². The van der Waals surface area contributed by atoms with Crippen molar-refractivity contribution in [3.05, 3.63) is 63.1 Å². The Morgan fingerprint density at radius 2 is 1.80 bits per heavy atom. The van der Waals surface area contributed by atoms with E-state index < -0.39 is 0 Å². The summed E-state index contributed by atoms with van der Waals surface area (Å²) in [5, 5.41) is 0.994. The summed E-state index contributed by atoms with van der Waals surface area (Å²) in [7, 11) is 1.55. The fourth-order valence-electron chi connectivity index (χ4n) is 1.99. The van der Waals surface area contributed by atoms with Crippen LogP contribution in [0.15, 0.2) is 36.4 Å². The Balaban J connectivity index is 2.33. The summed E-state index contributed by atoms with van der Waals surface area (Å²) in [5.41, 5.74) is 2.21. The van der Waals surface area contributed by atoms with Crippen molar-refractivity contribution in [3.8, 4) is 5.75 Å². The van der Waals surface area contributed by atoms with Gasteiger partial charge in [0.1, 0.15) is 5.75 Å². The Bertz CT molecular complexity index is 631. The third kappa shape index (κ3) is 3.14. The van der Waals surface area contributed by atoms with Crippen molar-refractivity contribution in [2.75, 3.05) is 7.11 Å². The molecule has 0 atom stereocenters. The number of hydrogen-bond donors (Lipinski definition) is 0. The summed E-state index contributed by atoms with van der Waals surface area (Å²) < 4.78 is 5.26. The van der Waals surface area contributed by atoms with Gasteiger partial charge >= 0.3 is 0 Å². The van der Waals surface area contributed by atoms with Crippen molar-refractivity contribution in [3.63, 3.8) is 0 Å². The number of ketones is 1. The van der Waals surface area contributed by atoms with E-state index in [9.17, 15) is 4.79 Å². The Morgan fingerprint density at radius 3 is 2.40 bits per heavy atom. The number of carbonyl (C=O) groups is 1. The molecule has 0 amide bonds. The van der Waals surface area contributed by atoms with Gasteiger partial charge in [-0.15, -0.1) is 0 Å². The minimum atomic E-state index is -0.0724. The Kier molecular flexibility index (Phi) is 4.69. The van der Waals surface area contributed by atoms with Crippen molar-refractivity contribution in [1.29, 1.82) is 0 Å². The van der Waals surface area contributed by atoms with Gasteiger partial charge in [0, 0.05) is 16.5 Å². The number of halogens is 2. The monoisotopic (exact) mass is 308 g/mol. The van der Waals surface area contributed by atoms with Crippen LogP contribution in [0.1, 0.15) is 21.5 Å². The van der Waals surface area contributed by atoms with Crippen molar-refractivity contribution < 1.29 is 9.53 Å². The third-order valence-corrected chi connectivity index (χ3v) is 3.76. The van der Waals surface area contributed by atoms with E-state index in [1.54, 1.807) is 31.4 Å². The summed E-state index contributed by atoms with van der Waals surface area (Å²) in [6, 6.07) is 10.7. The number of rotatable bonds is 4. The maximum absolute atomic E-state index is 12.4. The molecule has 0 aliphatic rings. The van der Waals surface area contributed by atoms with E-state index in [1.165, 1.54) is 0 Å². The second-order valence-electron chi connectivity index (χ2n) is 4.50. The average molecular weight is 309 g/mol. The maximum Gasteiger partial charge on any atom is 0.171 e. The predicted octanol–water partition coefficient (Wildman–Crippen LogP) is 4.74. The first kappa shape index (κ1) is 14.9. The van der Waals surface area contributed by atoms with Crippen molar-refractivity contribution in [2.24, 2.45) is 0 Å². The summed E-state index contributed by atoms with van der Waals surface area (Å²) >= 11 is 12.2. The molecule has 20 heavy (non-hydrogen) atoms. The second kappa shape index (κ2) is 6.29. The molecule has 2 aromatic rings. The van der Waals surface area contributed by atoms with Crippen LogP contribution >= 0.6 is 23.2 Å². The van der Waals surface area contributed by atoms with Crippen molar-refractivity contribution in [1.82, 2.24) is 0 Å². The molecule has 2 rings (SSSR count). The lowest BCUT2D eigenvalue weighted by molar-refractivity contribution is 0.0990. The molecule has 0 aromatic heterocycles. The Morgan fingerprint density at radius 1 is 1.15 bits per heavy atom. The van der Waals surface area contributed by atoms with Crippen LogP contribution in [0.3, 0.4) is 0 Å². The molecule has 0 spiro atoms. The minimum absolute atomic E-state index is 0.0724. The highest BCUT2D eigenvalue weighted by Gasteiger charge is 2.16. The standard InChI is InChI=1S/C16H14Cl2O2/c1-10-6-7-11(16(8-10)20-2)15(19)9-12-13(17)4-3-5-14(12)18/h3-8H,9H2,1-2H3. The van der Waals surface area contributed by atoms with E-state index in [4.69, 9.17) is 27.9 Å². The van der Waals surface area contributed by atoms with Crippen LogP contribution in [0.4, 0.5) is 0 Å². The highest BCUT2D eigenvalue weighted by atomic mass is 35.5. The van der Waals surface area contributed by atoms with Crippen LogP contribution in [0.25, 0.3) is 0 Å². The third-order valence-electron chi connectivity index (χ3n) is 3.06. The quantitative estimate of drug-likeness (QED) is 0.763. The minimum Gasteiger partial charge on any atom is -0.496 e. The van der Waals surface area contributed by atoms with Gasteiger partial charge in [-0.2, -0.15) is 0 Å². The number of hydrogen-bond acceptors (Lipinski definition) is 2. The van der Waals surface area contributed by atoms with Gasteiger partial charge in [-0.1, -0.05) is 35.3 Å². The average Bonchev–Trinajstić information content (AvgIpc) is 2.42. The van der Waals surface area contributed by atoms with Gasteiger partial charge in [0.2, 0.25) is 0 Å². The summed E-state index contributed by atoms with van der Waals surface area (Å²) in [6.45, 7) is 1.95. The van der Waals surface area contributed by atoms with Crippen molar-refractivity contribution >= 4 is 29.0 Å². The number of Topliss-reactive ketones (excluding diaryl/α,β-unsaturated/α-hetero) is 1.